The highest BCUT2D eigenvalue weighted by Gasteiger charge is 2.23. The third-order valence-corrected chi connectivity index (χ3v) is 5.55. The van der Waals surface area contributed by atoms with Gasteiger partial charge < -0.3 is 9.80 Å². The minimum Gasteiger partial charge on any atom is -0.366 e. The molecule has 24 heavy (non-hydrogen) atoms. The van der Waals surface area contributed by atoms with Gasteiger partial charge in [-0.1, -0.05) is 12.1 Å². The van der Waals surface area contributed by atoms with Gasteiger partial charge in [0.1, 0.15) is 12.4 Å². The Morgan fingerprint density at radius 3 is 2.46 bits per heavy atom. The van der Waals surface area contributed by atoms with E-state index in [-0.39, 0.29) is 18.3 Å². The number of carbonyl (C=O) groups is 1. The van der Waals surface area contributed by atoms with Crippen LogP contribution in [0, 0.1) is 19.7 Å². The second-order valence-electron chi connectivity index (χ2n) is 5.96. The Labute approximate surface area is 149 Å². The number of halogens is 2. The van der Waals surface area contributed by atoms with E-state index < -0.39 is 0 Å². The highest BCUT2D eigenvalue weighted by atomic mass is 79.9. The van der Waals surface area contributed by atoms with E-state index in [9.17, 15) is 9.18 Å². The largest absolute Gasteiger partial charge is 0.366 e. The SMILES string of the molecule is Cc1nn(CC(=O)N2CCN(c3ccccc3F)CC2)c(C)c1Br. The second kappa shape index (κ2) is 6.93. The molecule has 2 aromatic rings. The van der Waals surface area contributed by atoms with Crippen LogP contribution in [0.15, 0.2) is 28.7 Å². The minimum absolute atomic E-state index is 0.0429. The summed E-state index contributed by atoms with van der Waals surface area (Å²) >= 11 is 3.48. The first kappa shape index (κ1) is 17.0. The number of hydrogen-bond donors (Lipinski definition) is 0. The van der Waals surface area contributed by atoms with E-state index >= 15 is 0 Å². The van der Waals surface area contributed by atoms with Crippen molar-refractivity contribution < 1.29 is 9.18 Å². The summed E-state index contributed by atoms with van der Waals surface area (Å²) in [5, 5.41) is 4.38. The van der Waals surface area contributed by atoms with Crippen LogP contribution in [0.3, 0.4) is 0 Å². The number of amides is 1. The molecule has 0 saturated carbocycles. The Kier molecular flexibility index (Phi) is 4.89. The maximum atomic E-state index is 13.9. The fraction of sp³-hybridized carbons (Fsp3) is 0.412. The first-order chi connectivity index (χ1) is 11.5. The van der Waals surface area contributed by atoms with E-state index in [0.717, 1.165) is 15.9 Å². The van der Waals surface area contributed by atoms with Crippen LogP contribution in [0.2, 0.25) is 0 Å². The van der Waals surface area contributed by atoms with Crippen molar-refractivity contribution in [3.63, 3.8) is 0 Å². The smallest absolute Gasteiger partial charge is 0.244 e. The molecule has 2 heterocycles. The van der Waals surface area contributed by atoms with Gasteiger partial charge in [0, 0.05) is 26.2 Å². The summed E-state index contributed by atoms with van der Waals surface area (Å²) in [4.78, 5) is 16.3. The monoisotopic (exact) mass is 394 g/mol. The van der Waals surface area contributed by atoms with E-state index in [1.807, 2.05) is 29.7 Å². The molecule has 1 aliphatic rings. The van der Waals surface area contributed by atoms with Gasteiger partial charge >= 0.3 is 0 Å². The topological polar surface area (TPSA) is 41.4 Å². The summed E-state index contributed by atoms with van der Waals surface area (Å²) in [7, 11) is 0. The summed E-state index contributed by atoms with van der Waals surface area (Å²) in [5.74, 6) is -0.175. The zero-order valence-electron chi connectivity index (χ0n) is 13.8. The normalized spacial score (nSPS) is 15.0. The van der Waals surface area contributed by atoms with Gasteiger partial charge in [-0.25, -0.2) is 4.39 Å². The molecule has 0 unspecified atom stereocenters. The molecule has 1 saturated heterocycles. The average Bonchev–Trinajstić information content (AvgIpc) is 2.82. The van der Waals surface area contributed by atoms with E-state index in [0.29, 0.717) is 31.9 Å². The third-order valence-electron chi connectivity index (χ3n) is 4.40. The molecule has 1 aromatic heterocycles. The lowest BCUT2D eigenvalue weighted by Crippen LogP contribution is -2.50. The fourth-order valence-corrected chi connectivity index (χ4v) is 3.25. The van der Waals surface area contributed by atoms with Crippen molar-refractivity contribution in [3.05, 3.63) is 45.9 Å². The van der Waals surface area contributed by atoms with E-state index in [1.54, 1.807) is 16.8 Å². The molecule has 0 atom stereocenters. The number of para-hydroxylation sites is 1. The Morgan fingerprint density at radius 1 is 1.21 bits per heavy atom. The van der Waals surface area contributed by atoms with Crippen molar-refractivity contribution in [2.75, 3.05) is 31.1 Å². The number of carbonyl (C=O) groups excluding carboxylic acids is 1. The number of nitrogens with zero attached hydrogens (tertiary/aromatic N) is 4. The highest BCUT2D eigenvalue weighted by molar-refractivity contribution is 9.10. The van der Waals surface area contributed by atoms with Gasteiger partial charge in [0.2, 0.25) is 5.91 Å². The van der Waals surface area contributed by atoms with Gasteiger partial charge in [-0.05, 0) is 41.9 Å². The van der Waals surface area contributed by atoms with Crippen LogP contribution in [0.5, 0.6) is 0 Å². The molecular formula is C17H20BrFN4O. The molecule has 3 rings (SSSR count). The molecule has 1 fully saturated rings. The molecule has 0 N–H and O–H groups in total. The van der Waals surface area contributed by atoms with Crippen LogP contribution < -0.4 is 4.90 Å². The summed E-state index contributed by atoms with van der Waals surface area (Å²) in [6.45, 7) is 6.53. The maximum Gasteiger partial charge on any atom is 0.244 e. The Morgan fingerprint density at radius 2 is 1.88 bits per heavy atom. The molecule has 0 bridgehead atoms. The van der Waals surface area contributed by atoms with Crippen molar-refractivity contribution in [1.82, 2.24) is 14.7 Å². The van der Waals surface area contributed by atoms with Gasteiger partial charge in [-0.2, -0.15) is 5.10 Å². The minimum atomic E-state index is -0.218. The number of hydrogen-bond acceptors (Lipinski definition) is 3. The molecule has 5 nitrogen and oxygen atoms in total. The van der Waals surface area contributed by atoms with Crippen molar-refractivity contribution >= 4 is 27.5 Å². The number of aryl methyl sites for hydroxylation is 1. The predicted octanol–water partition coefficient (Wildman–Crippen LogP) is 2.75. The van der Waals surface area contributed by atoms with Gasteiger partial charge in [0.15, 0.2) is 0 Å². The Balaban J connectivity index is 1.61. The highest BCUT2D eigenvalue weighted by Crippen LogP contribution is 2.21. The van der Waals surface area contributed by atoms with E-state index in [1.165, 1.54) is 6.07 Å². The van der Waals surface area contributed by atoms with Crippen LogP contribution in [-0.4, -0.2) is 46.8 Å². The summed E-state index contributed by atoms with van der Waals surface area (Å²) in [5.41, 5.74) is 2.43. The standard InChI is InChI=1S/C17H20BrFN4O/c1-12-17(18)13(2)23(20-12)11-16(24)22-9-7-21(8-10-22)15-6-4-3-5-14(15)19/h3-6H,7-11H2,1-2H3. The zero-order chi connectivity index (χ0) is 17.3. The van der Waals surface area contributed by atoms with Crippen molar-refractivity contribution in [1.29, 1.82) is 0 Å². The molecule has 7 heteroatoms. The number of piperazine rings is 1. The van der Waals surface area contributed by atoms with Crippen LogP contribution in [0.25, 0.3) is 0 Å². The van der Waals surface area contributed by atoms with Crippen molar-refractivity contribution in [2.24, 2.45) is 0 Å². The zero-order valence-corrected chi connectivity index (χ0v) is 15.4. The van der Waals surface area contributed by atoms with Crippen molar-refractivity contribution in [2.45, 2.75) is 20.4 Å². The average molecular weight is 395 g/mol. The number of rotatable bonds is 3. The summed E-state index contributed by atoms with van der Waals surface area (Å²) in [6.07, 6.45) is 0. The quantitative estimate of drug-likeness (QED) is 0.803. The molecule has 1 aromatic carbocycles. The first-order valence-corrected chi connectivity index (χ1v) is 8.73. The third kappa shape index (κ3) is 3.31. The van der Waals surface area contributed by atoms with Gasteiger partial charge in [0.25, 0.3) is 0 Å². The molecule has 0 spiro atoms. The molecule has 1 aliphatic heterocycles. The number of aromatic nitrogens is 2. The van der Waals surface area contributed by atoms with Crippen LogP contribution in [-0.2, 0) is 11.3 Å². The summed E-state index contributed by atoms with van der Waals surface area (Å²) < 4.78 is 16.5. The van der Waals surface area contributed by atoms with E-state index in [4.69, 9.17) is 0 Å². The van der Waals surface area contributed by atoms with E-state index in [2.05, 4.69) is 21.0 Å². The lowest BCUT2D eigenvalue weighted by molar-refractivity contribution is -0.132. The molecule has 128 valence electrons. The molecular weight excluding hydrogens is 375 g/mol. The Hall–Kier alpha value is -1.89. The lowest BCUT2D eigenvalue weighted by atomic mass is 10.2. The van der Waals surface area contributed by atoms with Gasteiger partial charge in [0.05, 0.1) is 21.5 Å². The van der Waals surface area contributed by atoms with Crippen LogP contribution in [0.1, 0.15) is 11.4 Å². The molecule has 0 aliphatic carbocycles. The lowest BCUT2D eigenvalue weighted by Gasteiger charge is -2.36. The first-order valence-electron chi connectivity index (χ1n) is 7.94. The molecule has 0 radical (unpaired) electrons. The summed E-state index contributed by atoms with van der Waals surface area (Å²) in [6, 6.07) is 6.76. The maximum absolute atomic E-state index is 13.9. The van der Waals surface area contributed by atoms with Gasteiger partial charge in [-0.3, -0.25) is 9.48 Å². The predicted molar refractivity (Wildman–Crippen MR) is 94.6 cm³/mol. The number of anilines is 1. The van der Waals surface area contributed by atoms with Gasteiger partial charge in [-0.15, -0.1) is 0 Å². The number of benzene rings is 1. The Bertz CT molecular complexity index is 753. The second-order valence-corrected chi connectivity index (χ2v) is 6.75. The van der Waals surface area contributed by atoms with Crippen LogP contribution >= 0.6 is 15.9 Å². The fourth-order valence-electron chi connectivity index (χ4n) is 2.96. The van der Waals surface area contributed by atoms with Crippen molar-refractivity contribution in [3.8, 4) is 0 Å². The molecule has 1 amide bonds. The van der Waals surface area contributed by atoms with Crippen LogP contribution in [0.4, 0.5) is 10.1 Å².